The molecule has 2 heteroatoms. The van der Waals surface area contributed by atoms with Gasteiger partial charge in [0.25, 0.3) is 0 Å². The van der Waals surface area contributed by atoms with Crippen LogP contribution in [0.5, 0.6) is 0 Å². The van der Waals surface area contributed by atoms with Gasteiger partial charge < -0.3 is 0 Å². The van der Waals surface area contributed by atoms with Gasteiger partial charge in [-0.1, -0.05) is 160 Å². The van der Waals surface area contributed by atoms with Crippen molar-refractivity contribution in [3.05, 3.63) is 121 Å². The highest BCUT2D eigenvalue weighted by Gasteiger charge is 2.33. The molecule has 4 rings (SSSR count). The van der Waals surface area contributed by atoms with Crippen LogP contribution in [0.15, 0.2) is 121 Å². The Morgan fingerprint density at radius 2 is 0.765 bits per heavy atom. The van der Waals surface area contributed by atoms with Crippen LogP contribution in [0.25, 0.3) is 0 Å². The minimum atomic E-state index is -0.497. The second kappa shape index (κ2) is 13.6. The summed E-state index contributed by atoms with van der Waals surface area (Å²) < 4.78 is 0. The smallest absolute Gasteiger partial charge is 0.0155 e. The van der Waals surface area contributed by atoms with Crippen LogP contribution in [0.3, 0.4) is 0 Å². The molecule has 174 valence electrons. The average Bonchev–Trinajstić information content (AvgIpc) is 2.91. The van der Waals surface area contributed by atoms with Crippen molar-refractivity contribution < 1.29 is 0 Å². The molecule has 0 aliphatic heterocycles. The molecule has 0 fully saturated rings. The van der Waals surface area contributed by atoms with Gasteiger partial charge in [0, 0.05) is 5.40 Å². The van der Waals surface area contributed by atoms with E-state index in [1.54, 1.807) is 0 Å². The Kier molecular flexibility index (Phi) is 9.93. The Labute approximate surface area is 209 Å². The predicted octanol–water partition coefficient (Wildman–Crippen LogP) is 7.94. The number of rotatable bonds is 12. The van der Waals surface area contributed by atoms with E-state index in [0.29, 0.717) is 5.40 Å². The summed E-state index contributed by atoms with van der Waals surface area (Å²) in [5, 5.41) is 6.60. The lowest BCUT2D eigenvalue weighted by Crippen LogP contribution is -2.27. The highest BCUT2D eigenvalue weighted by Crippen LogP contribution is 2.58. The molecule has 0 aliphatic carbocycles. The van der Waals surface area contributed by atoms with E-state index in [1.807, 2.05) is 0 Å². The van der Waals surface area contributed by atoms with Gasteiger partial charge in [-0.05, 0) is 43.5 Å². The van der Waals surface area contributed by atoms with Crippen molar-refractivity contribution >= 4 is 37.1 Å². The SMILES string of the molecule is CCCCCCCC(P(c1ccccc1)c1ccccc1)P(c1ccccc1)c1ccccc1. The van der Waals surface area contributed by atoms with Gasteiger partial charge in [0.15, 0.2) is 0 Å². The lowest BCUT2D eigenvalue weighted by Gasteiger charge is -2.36. The van der Waals surface area contributed by atoms with E-state index in [1.165, 1.54) is 59.7 Å². The summed E-state index contributed by atoms with van der Waals surface area (Å²) in [6.07, 6.45) is 7.92. The van der Waals surface area contributed by atoms with Crippen LogP contribution in [0.1, 0.15) is 45.4 Å². The fourth-order valence-electron chi connectivity index (χ4n) is 4.64. The Morgan fingerprint density at radius 3 is 1.09 bits per heavy atom. The summed E-state index contributed by atoms with van der Waals surface area (Å²) >= 11 is 0. The summed E-state index contributed by atoms with van der Waals surface area (Å²) in [6, 6.07) is 45.3. The van der Waals surface area contributed by atoms with Crippen molar-refractivity contribution in [1.82, 2.24) is 0 Å². The van der Waals surface area contributed by atoms with E-state index < -0.39 is 15.8 Å². The van der Waals surface area contributed by atoms with E-state index in [0.717, 1.165) is 0 Å². The molecule has 0 nitrogen and oxygen atoms in total. The van der Waals surface area contributed by atoms with Gasteiger partial charge in [0.05, 0.1) is 0 Å². The number of unbranched alkanes of at least 4 members (excludes halogenated alkanes) is 4. The van der Waals surface area contributed by atoms with Crippen molar-refractivity contribution in [3.8, 4) is 0 Å². The molecular weight excluding hydrogens is 446 g/mol. The molecule has 4 aromatic rings. The maximum atomic E-state index is 2.37. The third-order valence-corrected chi connectivity index (χ3v) is 12.8. The molecule has 4 aromatic carbocycles. The number of hydrogen-bond acceptors (Lipinski definition) is 0. The Morgan fingerprint density at radius 1 is 0.441 bits per heavy atom. The molecule has 0 amide bonds. The molecule has 0 N–H and O–H groups in total. The molecule has 0 unspecified atom stereocenters. The van der Waals surface area contributed by atoms with Crippen molar-refractivity contribution in [2.75, 3.05) is 0 Å². The average molecular weight is 483 g/mol. The maximum absolute atomic E-state index is 2.37. The standard InChI is InChI=1S/C32H36P2/c1-2-3-4-5-18-27-32(33(28-19-10-6-11-20-28)29-21-12-7-13-22-29)34(30-23-14-8-15-24-30)31-25-16-9-17-26-31/h6-17,19-26,32H,2-5,18,27H2,1H3. The first-order valence-corrected chi connectivity index (χ1v) is 15.5. The molecule has 0 bridgehead atoms. The van der Waals surface area contributed by atoms with E-state index in [4.69, 9.17) is 0 Å². The Balaban J connectivity index is 1.81. The molecule has 0 spiro atoms. The van der Waals surface area contributed by atoms with Crippen molar-refractivity contribution in [3.63, 3.8) is 0 Å². The third-order valence-electron chi connectivity index (χ3n) is 6.30. The van der Waals surface area contributed by atoms with E-state index in [2.05, 4.69) is 128 Å². The summed E-state index contributed by atoms with van der Waals surface area (Å²) in [6.45, 7) is 2.30. The first-order valence-electron chi connectivity index (χ1n) is 12.7. The molecular formula is C32H36P2. The number of benzene rings is 4. The predicted molar refractivity (Wildman–Crippen MR) is 155 cm³/mol. The normalized spacial score (nSPS) is 11.4. The zero-order valence-corrected chi connectivity index (χ0v) is 22.1. The second-order valence-electron chi connectivity index (χ2n) is 8.77. The van der Waals surface area contributed by atoms with Crippen LogP contribution < -0.4 is 21.2 Å². The van der Waals surface area contributed by atoms with Crippen LogP contribution in [-0.2, 0) is 0 Å². The minimum Gasteiger partial charge on any atom is -0.0654 e. The van der Waals surface area contributed by atoms with E-state index in [9.17, 15) is 0 Å². The molecule has 0 atom stereocenters. The summed E-state index contributed by atoms with van der Waals surface area (Å²) in [5.41, 5.74) is 0. The minimum absolute atomic E-state index is 0.497. The van der Waals surface area contributed by atoms with Crippen molar-refractivity contribution in [2.24, 2.45) is 0 Å². The molecule has 34 heavy (non-hydrogen) atoms. The van der Waals surface area contributed by atoms with Gasteiger partial charge in [-0.2, -0.15) is 0 Å². The first kappa shape index (κ1) is 24.9. The zero-order chi connectivity index (χ0) is 23.4. The summed E-state index contributed by atoms with van der Waals surface area (Å²) in [4.78, 5) is 0. The fourth-order valence-corrected chi connectivity index (χ4v) is 12.0. The van der Waals surface area contributed by atoms with Gasteiger partial charge in [0.2, 0.25) is 0 Å². The molecule has 0 heterocycles. The van der Waals surface area contributed by atoms with Gasteiger partial charge in [-0.25, -0.2) is 0 Å². The van der Waals surface area contributed by atoms with Crippen molar-refractivity contribution in [2.45, 2.75) is 50.8 Å². The largest absolute Gasteiger partial charge is 0.0654 e. The molecule has 0 radical (unpaired) electrons. The summed E-state index contributed by atoms with van der Waals surface area (Å²) in [5.74, 6) is 0. The van der Waals surface area contributed by atoms with Crippen LogP contribution in [0, 0.1) is 0 Å². The van der Waals surface area contributed by atoms with Crippen LogP contribution in [-0.4, -0.2) is 5.40 Å². The van der Waals surface area contributed by atoms with Crippen LogP contribution in [0.2, 0.25) is 0 Å². The highest BCUT2D eigenvalue weighted by atomic mass is 31.2. The van der Waals surface area contributed by atoms with Gasteiger partial charge in [0.1, 0.15) is 0 Å². The van der Waals surface area contributed by atoms with Gasteiger partial charge >= 0.3 is 0 Å². The number of hydrogen-bond donors (Lipinski definition) is 0. The molecule has 0 saturated heterocycles. The van der Waals surface area contributed by atoms with Crippen molar-refractivity contribution in [1.29, 1.82) is 0 Å². The molecule has 0 saturated carbocycles. The first-order chi connectivity index (χ1) is 16.9. The molecule has 0 aliphatic rings. The summed E-state index contributed by atoms with van der Waals surface area (Å²) in [7, 11) is -0.993. The third kappa shape index (κ3) is 6.66. The van der Waals surface area contributed by atoms with Crippen LogP contribution >= 0.6 is 15.8 Å². The second-order valence-corrected chi connectivity index (χ2v) is 14.0. The van der Waals surface area contributed by atoms with Gasteiger partial charge in [-0.15, -0.1) is 0 Å². The molecule has 0 aromatic heterocycles. The Bertz CT molecular complexity index is 903. The monoisotopic (exact) mass is 482 g/mol. The van der Waals surface area contributed by atoms with E-state index in [-0.39, 0.29) is 0 Å². The van der Waals surface area contributed by atoms with Crippen LogP contribution in [0.4, 0.5) is 0 Å². The highest BCUT2D eigenvalue weighted by molar-refractivity contribution is 7.89. The quantitative estimate of drug-likeness (QED) is 0.142. The lowest BCUT2D eigenvalue weighted by molar-refractivity contribution is 0.621. The lowest BCUT2D eigenvalue weighted by atomic mass is 10.1. The van der Waals surface area contributed by atoms with Gasteiger partial charge in [-0.3, -0.25) is 0 Å². The fraction of sp³-hybridized carbons (Fsp3) is 0.250. The topological polar surface area (TPSA) is 0 Å². The van der Waals surface area contributed by atoms with E-state index >= 15 is 0 Å². The zero-order valence-electron chi connectivity index (χ0n) is 20.3. The maximum Gasteiger partial charge on any atom is 0.0155 e. The Hall–Kier alpha value is -2.26.